The molecule has 0 rings (SSSR count). The SMILES string of the molecule is [CH2]CC(C)(CC)C(C)(C)CC. The summed E-state index contributed by atoms with van der Waals surface area (Å²) in [5.41, 5.74) is 0.852. The average molecular weight is 155 g/mol. The van der Waals surface area contributed by atoms with Crippen LogP contribution >= 0.6 is 0 Å². The first-order chi connectivity index (χ1) is 4.93. The van der Waals surface area contributed by atoms with Gasteiger partial charge in [-0.2, -0.15) is 0 Å². The van der Waals surface area contributed by atoms with Crippen molar-refractivity contribution in [2.75, 3.05) is 0 Å². The van der Waals surface area contributed by atoms with Gasteiger partial charge in [0.05, 0.1) is 0 Å². The molecular weight excluding hydrogens is 132 g/mol. The van der Waals surface area contributed by atoms with Gasteiger partial charge in [0.1, 0.15) is 0 Å². The van der Waals surface area contributed by atoms with Crippen molar-refractivity contribution in [3.63, 3.8) is 0 Å². The maximum absolute atomic E-state index is 4.04. The van der Waals surface area contributed by atoms with Gasteiger partial charge in [-0.05, 0) is 17.3 Å². The lowest BCUT2D eigenvalue weighted by Crippen LogP contribution is -2.33. The van der Waals surface area contributed by atoms with E-state index >= 15 is 0 Å². The van der Waals surface area contributed by atoms with Gasteiger partial charge in [0.25, 0.3) is 0 Å². The smallest absolute Gasteiger partial charge is 0.0277 e. The van der Waals surface area contributed by atoms with E-state index in [1.807, 2.05) is 0 Å². The first kappa shape index (κ1) is 11.0. The second-order valence-electron chi connectivity index (χ2n) is 4.40. The van der Waals surface area contributed by atoms with Gasteiger partial charge in [-0.15, -0.1) is 0 Å². The van der Waals surface area contributed by atoms with Crippen LogP contribution in [0.3, 0.4) is 0 Å². The zero-order valence-corrected chi connectivity index (χ0v) is 8.83. The summed E-state index contributed by atoms with van der Waals surface area (Å²) in [4.78, 5) is 0. The predicted molar refractivity (Wildman–Crippen MR) is 52.4 cm³/mol. The van der Waals surface area contributed by atoms with Gasteiger partial charge in [0.2, 0.25) is 0 Å². The first-order valence-electron chi connectivity index (χ1n) is 4.72. The third-order valence-corrected chi connectivity index (χ3v) is 3.85. The molecule has 0 amide bonds. The summed E-state index contributed by atoms with van der Waals surface area (Å²) in [5.74, 6) is 0. The fourth-order valence-corrected chi connectivity index (χ4v) is 1.42. The highest BCUT2D eigenvalue weighted by molar-refractivity contribution is 4.87. The lowest BCUT2D eigenvalue weighted by molar-refractivity contribution is 0.0806. The molecule has 0 aliphatic carbocycles. The Hall–Kier alpha value is 0. The largest absolute Gasteiger partial charge is 0.0649 e. The van der Waals surface area contributed by atoms with Crippen LogP contribution in [0.5, 0.6) is 0 Å². The lowest BCUT2D eigenvalue weighted by Gasteiger charge is -2.43. The summed E-state index contributed by atoms with van der Waals surface area (Å²) in [6, 6.07) is 0. The second-order valence-corrected chi connectivity index (χ2v) is 4.40. The summed E-state index contributed by atoms with van der Waals surface area (Å²) in [5, 5.41) is 0. The van der Waals surface area contributed by atoms with Gasteiger partial charge in [0.15, 0.2) is 0 Å². The van der Waals surface area contributed by atoms with Gasteiger partial charge >= 0.3 is 0 Å². The molecule has 0 nitrogen and oxygen atoms in total. The summed E-state index contributed by atoms with van der Waals surface area (Å²) in [7, 11) is 0. The molecule has 0 fully saturated rings. The molecule has 0 aromatic rings. The molecule has 67 valence electrons. The predicted octanol–water partition coefficient (Wildman–Crippen LogP) is 4.06. The van der Waals surface area contributed by atoms with Crippen LogP contribution in [-0.4, -0.2) is 0 Å². The zero-order valence-electron chi connectivity index (χ0n) is 8.83. The van der Waals surface area contributed by atoms with Gasteiger partial charge in [-0.1, -0.05) is 54.4 Å². The molecule has 1 radical (unpaired) electrons. The number of hydrogen-bond acceptors (Lipinski definition) is 0. The Labute approximate surface area is 72.4 Å². The van der Waals surface area contributed by atoms with E-state index in [2.05, 4.69) is 41.5 Å². The van der Waals surface area contributed by atoms with Crippen LogP contribution < -0.4 is 0 Å². The van der Waals surface area contributed by atoms with Gasteiger partial charge in [-0.3, -0.25) is 0 Å². The maximum Gasteiger partial charge on any atom is -0.0277 e. The van der Waals surface area contributed by atoms with Crippen molar-refractivity contribution in [3.05, 3.63) is 6.92 Å². The van der Waals surface area contributed by atoms with Crippen molar-refractivity contribution < 1.29 is 0 Å². The van der Waals surface area contributed by atoms with E-state index in [1.54, 1.807) is 0 Å². The van der Waals surface area contributed by atoms with E-state index in [4.69, 9.17) is 0 Å². The highest BCUT2D eigenvalue weighted by Crippen LogP contribution is 2.46. The van der Waals surface area contributed by atoms with Crippen LogP contribution in [0.4, 0.5) is 0 Å². The van der Waals surface area contributed by atoms with E-state index in [0.29, 0.717) is 10.8 Å². The second kappa shape index (κ2) is 3.60. The lowest BCUT2D eigenvalue weighted by atomic mass is 9.62. The van der Waals surface area contributed by atoms with Crippen LogP contribution in [0.25, 0.3) is 0 Å². The Morgan fingerprint density at radius 1 is 1.00 bits per heavy atom. The Morgan fingerprint density at radius 3 is 1.55 bits per heavy atom. The molecule has 1 atom stereocenters. The summed E-state index contributed by atoms with van der Waals surface area (Å²) in [6.45, 7) is 15.6. The van der Waals surface area contributed by atoms with E-state index in [0.717, 1.165) is 6.42 Å². The minimum absolute atomic E-state index is 0.418. The average Bonchev–Trinajstić information content (AvgIpc) is 2.02. The van der Waals surface area contributed by atoms with Crippen molar-refractivity contribution in [1.82, 2.24) is 0 Å². The molecule has 0 saturated heterocycles. The molecule has 0 aliphatic rings. The van der Waals surface area contributed by atoms with E-state index in [1.165, 1.54) is 12.8 Å². The molecule has 0 saturated carbocycles. The molecule has 0 bridgehead atoms. The van der Waals surface area contributed by atoms with Crippen LogP contribution in [0, 0.1) is 17.8 Å². The van der Waals surface area contributed by atoms with Crippen molar-refractivity contribution in [1.29, 1.82) is 0 Å². The Morgan fingerprint density at radius 2 is 1.45 bits per heavy atom. The Kier molecular flexibility index (Phi) is 3.60. The van der Waals surface area contributed by atoms with Crippen molar-refractivity contribution >= 4 is 0 Å². The van der Waals surface area contributed by atoms with Gasteiger partial charge in [-0.25, -0.2) is 0 Å². The van der Waals surface area contributed by atoms with E-state index < -0.39 is 0 Å². The molecule has 0 N–H and O–H groups in total. The fraction of sp³-hybridized carbons (Fsp3) is 0.909. The third-order valence-electron chi connectivity index (χ3n) is 3.85. The monoisotopic (exact) mass is 155 g/mol. The molecule has 0 heteroatoms. The normalized spacial score (nSPS) is 13.6. The molecule has 0 spiro atoms. The maximum atomic E-state index is 4.04. The topological polar surface area (TPSA) is 0 Å². The molecule has 0 heterocycles. The Bertz CT molecular complexity index is 107. The standard InChI is InChI=1S/C11H23/c1-7-10(4,5)11(6,8-2)9-3/h2,7-9H2,1,3-6H3. The summed E-state index contributed by atoms with van der Waals surface area (Å²) in [6.07, 6.45) is 3.52. The quantitative estimate of drug-likeness (QED) is 0.574. The molecule has 1 unspecified atom stereocenters. The Balaban J connectivity index is 4.47. The summed E-state index contributed by atoms with van der Waals surface area (Å²) < 4.78 is 0. The fourth-order valence-electron chi connectivity index (χ4n) is 1.42. The number of hydrogen-bond donors (Lipinski definition) is 0. The van der Waals surface area contributed by atoms with Crippen LogP contribution in [0.15, 0.2) is 0 Å². The highest BCUT2D eigenvalue weighted by atomic mass is 14.4. The van der Waals surface area contributed by atoms with Gasteiger partial charge < -0.3 is 0 Å². The van der Waals surface area contributed by atoms with Crippen molar-refractivity contribution in [2.45, 2.75) is 53.9 Å². The molecular formula is C11H23. The highest BCUT2D eigenvalue weighted by Gasteiger charge is 2.36. The molecule has 11 heavy (non-hydrogen) atoms. The number of rotatable bonds is 4. The molecule has 0 aromatic carbocycles. The molecule has 0 aromatic heterocycles. The van der Waals surface area contributed by atoms with Crippen molar-refractivity contribution in [3.8, 4) is 0 Å². The minimum atomic E-state index is 0.418. The van der Waals surface area contributed by atoms with E-state index in [9.17, 15) is 0 Å². The van der Waals surface area contributed by atoms with Crippen molar-refractivity contribution in [2.24, 2.45) is 10.8 Å². The van der Waals surface area contributed by atoms with Gasteiger partial charge in [0, 0.05) is 0 Å². The zero-order chi connectivity index (χ0) is 9.12. The van der Waals surface area contributed by atoms with Crippen LogP contribution in [0.2, 0.25) is 0 Å². The summed E-state index contributed by atoms with van der Waals surface area (Å²) >= 11 is 0. The van der Waals surface area contributed by atoms with Crippen LogP contribution in [0.1, 0.15) is 53.9 Å². The molecule has 0 aliphatic heterocycles. The van der Waals surface area contributed by atoms with Crippen LogP contribution in [-0.2, 0) is 0 Å². The van der Waals surface area contributed by atoms with E-state index in [-0.39, 0.29) is 0 Å². The third kappa shape index (κ3) is 1.98. The first-order valence-corrected chi connectivity index (χ1v) is 4.72. The minimum Gasteiger partial charge on any atom is -0.0649 e.